The van der Waals surface area contributed by atoms with Crippen molar-refractivity contribution in [3.8, 4) is 5.75 Å². The number of ether oxygens (including phenoxy) is 1. The van der Waals surface area contributed by atoms with Crippen molar-refractivity contribution in [1.29, 1.82) is 0 Å². The number of methoxy groups -OCH3 is 1. The summed E-state index contributed by atoms with van der Waals surface area (Å²) in [7, 11) is 1.65. The van der Waals surface area contributed by atoms with E-state index in [9.17, 15) is 9.59 Å². The fraction of sp³-hybridized carbons (Fsp3) is 0.333. The lowest BCUT2D eigenvalue weighted by Gasteiger charge is -2.25. The number of hydrogen-bond donors (Lipinski definition) is 1. The minimum absolute atomic E-state index is 0.0802. The Morgan fingerprint density at radius 3 is 2.92 bits per heavy atom. The van der Waals surface area contributed by atoms with Gasteiger partial charge in [-0.2, -0.15) is 0 Å². The summed E-state index contributed by atoms with van der Waals surface area (Å²) < 4.78 is 5.22. The van der Waals surface area contributed by atoms with Crippen molar-refractivity contribution in [3.63, 3.8) is 0 Å². The molecule has 5 heteroatoms. The van der Waals surface area contributed by atoms with Crippen molar-refractivity contribution in [2.24, 2.45) is 0 Å². The molecule has 26 heavy (non-hydrogen) atoms. The molecule has 0 unspecified atom stereocenters. The molecule has 0 spiro atoms. The number of amides is 2. The number of nitrogens with one attached hydrogen (secondary N) is 1. The normalized spacial score (nSPS) is 15.0. The van der Waals surface area contributed by atoms with Crippen molar-refractivity contribution in [1.82, 2.24) is 5.32 Å². The van der Waals surface area contributed by atoms with E-state index in [1.807, 2.05) is 41.3 Å². The van der Waals surface area contributed by atoms with E-state index in [-0.39, 0.29) is 11.8 Å². The molecule has 0 atom stereocenters. The van der Waals surface area contributed by atoms with Crippen LogP contribution in [-0.4, -0.2) is 32.0 Å². The van der Waals surface area contributed by atoms with Gasteiger partial charge in [-0.3, -0.25) is 9.59 Å². The van der Waals surface area contributed by atoms with E-state index in [4.69, 9.17) is 4.74 Å². The van der Waals surface area contributed by atoms with Gasteiger partial charge >= 0.3 is 0 Å². The zero-order valence-corrected chi connectivity index (χ0v) is 14.9. The summed E-state index contributed by atoms with van der Waals surface area (Å²) in [5.74, 6) is 0.890. The molecule has 0 aliphatic carbocycles. The highest BCUT2D eigenvalue weighted by Crippen LogP contribution is 2.37. The first-order valence-corrected chi connectivity index (χ1v) is 9.03. The van der Waals surface area contributed by atoms with Crippen LogP contribution in [0.2, 0.25) is 0 Å². The van der Waals surface area contributed by atoms with E-state index in [0.29, 0.717) is 18.5 Å². The quantitative estimate of drug-likeness (QED) is 0.901. The predicted molar refractivity (Wildman–Crippen MR) is 99.9 cm³/mol. The molecule has 0 bridgehead atoms. The van der Waals surface area contributed by atoms with Gasteiger partial charge in [-0.25, -0.2) is 0 Å². The van der Waals surface area contributed by atoms with Crippen LogP contribution in [0, 0.1) is 0 Å². The first-order valence-electron chi connectivity index (χ1n) is 9.03. The Hall–Kier alpha value is -2.82. The average molecular weight is 350 g/mol. The Morgan fingerprint density at radius 2 is 2.08 bits per heavy atom. The lowest BCUT2D eigenvalue weighted by Crippen LogP contribution is -2.31. The third kappa shape index (κ3) is 3.05. The van der Waals surface area contributed by atoms with Crippen LogP contribution in [0.15, 0.2) is 36.4 Å². The molecule has 2 amide bonds. The van der Waals surface area contributed by atoms with E-state index in [0.717, 1.165) is 53.9 Å². The predicted octanol–water partition coefficient (Wildman–Crippen LogP) is 2.50. The molecule has 0 fully saturated rings. The van der Waals surface area contributed by atoms with Crippen LogP contribution in [0.25, 0.3) is 0 Å². The minimum atomic E-state index is -0.0802. The molecule has 1 N–H and O–H groups in total. The van der Waals surface area contributed by atoms with Gasteiger partial charge in [-0.1, -0.05) is 12.1 Å². The molecule has 5 nitrogen and oxygen atoms in total. The highest BCUT2D eigenvalue weighted by molar-refractivity contribution is 6.04. The Kier molecular flexibility index (Phi) is 4.37. The summed E-state index contributed by atoms with van der Waals surface area (Å²) in [4.78, 5) is 26.6. The zero-order valence-electron chi connectivity index (χ0n) is 14.9. The van der Waals surface area contributed by atoms with E-state index in [1.54, 1.807) is 7.11 Å². The van der Waals surface area contributed by atoms with E-state index >= 15 is 0 Å². The smallest absolute Gasteiger partial charge is 0.251 e. The second kappa shape index (κ2) is 6.83. The largest absolute Gasteiger partial charge is 0.497 e. The average Bonchev–Trinajstić information content (AvgIpc) is 2.99. The lowest BCUT2D eigenvalue weighted by atomic mass is 9.96. The maximum Gasteiger partial charge on any atom is 0.251 e. The maximum absolute atomic E-state index is 12.6. The fourth-order valence-electron chi connectivity index (χ4n) is 3.86. The topological polar surface area (TPSA) is 58.6 Å². The maximum atomic E-state index is 12.6. The Morgan fingerprint density at radius 1 is 1.23 bits per heavy atom. The first kappa shape index (κ1) is 16.6. The van der Waals surface area contributed by atoms with Crippen molar-refractivity contribution >= 4 is 17.5 Å². The molecule has 2 aliphatic heterocycles. The molecule has 2 aliphatic rings. The molecule has 0 radical (unpaired) electrons. The van der Waals surface area contributed by atoms with Gasteiger partial charge in [0, 0.05) is 18.7 Å². The Labute approximate surface area is 153 Å². The molecule has 0 saturated carbocycles. The molecular formula is C21H22N2O3. The van der Waals surface area contributed by atoms with E-state index in [2.05, 4.69) is 5.32 Å². The van der Waals surface area contributed by atoms with Gasteiger partial charge in [-0.15, -0.1) is 0 Å². The van der Waals surface area contributed by atoms with Gasteiger partial charge in [0.15, 0.2) is 0 Å². The third-order valence-corrected chi connectivity index (χ3v) is 5.10. The standard InChI is InChI=1S/C21H22N2O3/c1-26-18-6-2-4-14(10-18)7-8-22-21(25)17-11-15-5-3-9-23-19(24)13-16(12-17)20(15)23/h2,4,6,10-12H,3,5,7-9,13H2,1H3,(H,22,25). The highest BCUT2D eigenvalue weighted by Gasteiger charge is 2.32. The van der Waals surface area contributed by atoms with Gasteiger partial charge in [-0.05, 0) is 60.2 Å². The van der Waals surface area contributed by atoms with Crippen LogP contribution in [0.3, 0.4) is 0 Å². The number of hydrogen-bond acceptors (Lipinski definition) is 3. The summed E-state index contributed by atoms with van der Waals surface area (Å²) in [5.41, 5.74) is 4.94. The van der Waals surface area contributed by atoms with E-state index in [1.165, 1.54) is 0 Å². The number of nitrogens with zero attached hydrogens (tertiary/aromatic N) is 1. The molecule has 0 saturated heterocycles. The highest BCUT2D eigenvalue weighted by atomic mass is 16.5. The van der Waals surface area contributed by atoms with Gasteiger partial charge in [0.2, 0.25) is 5.91 Å². The molecule has 134 valence electrons. The SMILES string of the molecule is COc1cccc(CCNC(=O)c2cc3c4c(c2)CC(=O)N4CCC3)c1. The number of carbonyl (C=O) groups excluding carboxylic acids is 2. The monoisotopic (exact) mass is 350 g/mol. The zero-order chi connectivity index (χ0) is 18.1. The molecule has 2 aromatic carbocycles. The lowest BCUT2D eigenvalue weighted by molar-refractivity contribution is -0.117. The summed E-state index contributed by atoms with van der Waals surface area (Å²) in [6.07, 6.45) is 3.04. The van der Waals surface area contributed by atoms with Crippen LogP contribution >= 0.6 is 0 Å². The number of rotatable bonds is 5. The summed E-state index contributed by atoms with van der Waals surface area (Å²) in [5, 5.41) is 2.99. The van der Waals surface area contributed by atoms with Gasteiger partial charge in [0.1, 0.15) is 5.75 Å². The fourth-order valence-corrected chi connectivity index (χ4v) is 3.86. The summed E-state index contributed by atoms with van der Waals surface area (Å²) in [6.45, 7) is 1.36. The second-order valence-electron chi connectivity index (χ2n) is 6.83. The van der Waals surface area contributed by atoms with Crippen molar-refractivity contribution in [2.75, 3.05) is 25.1 Å². The minimum Gasteiger partial charge on any atom is -0.497 e. The third-order valence-electron chi connectivity index (χ3n) is 5.10. The van der Waals surface area contributed by atoms with Crippen LogP contribution in [-0.2, 0) is 24.1 Å². The first-order chi connectivity index (χ1) is 12.7. The van der Waals surface area contributed by atoms with Crippen LogP contribution in [0.1, 0.15) is 33.5 Å². The van der Waals surface area contributed by atoms with Crippen molar-refractivity contribution in [2.45, 2.75) is 25.7 Å². The summed E-state index contributed by atoms with van der Waals surface area (Å²) >= 11 is 0. The van der Waals surface area contributed by atoms with Crippen molar-refractivity contribution < 1.29 is 14.3 Å². The van der Waals surface area contributed by atoms with Crippen LogP contribution < -0.4 is 15.0 Å². The van der Waals surface area contributed by atoms with Gasteiger partial charge < -0.3 is 15.0 Å². The Bertz CT molecular complexity index is 876. The molecule has 2 heterocycles. The number of aryl methyl sites for hydroxylation is 1. The van der Waals surface area contributed by atoms with Crippen LogP contribution in [0.4, 0.5) is 5.69 Å². The number of benzene rings is 2. The van der Waals surface area contributed by atoms with Gasteiger partial charge in [0.05, 0.1) is 19.2 Å². The molecular weight excluding hydrogens is 328 g/mol. The Balaban J connectivity index is 1.44. The van der Waals surface area contributed by atoms with Crippen LogP contribution in [0.5, 0.6) is 5.75 Å². The van der Waals surface area contributed by atoms with E-state index < -0.39 is 0 Å². The number of carbonyl (C=O) groups is 2. The summed E-state index contributed by atoms with van der Waals surface area (Å²) in [6, 6.07) is 11.7. The molecule has 4 rings (SSSR count). The molecule has 2 aromatic rings. The molecule has 0 aromatic heterocycles. The second-order valence-corrected chi connectivity index (χ2v) is 6.83. The van der Waals surface area contributed by atoms with Crippen molar-refractivity contribution in [3.05, 3.63) is 58.7 Å². The van der Waals surface area contributed by atoms with Gasteiger partial charge in [0.25, 0.3) is 5.91 Å². The number of anilines is 1.